The summed E-state index contributed by atoms with van der Waals surface area (Å²) in [6.07, 6.45) is 0. The van der Waals surface area contributed by atoms with E-state index in [1.165, 1.54) is 6.07 Å². The van der Waals surface area contributed by atoms with Crippen molar-refractivity contribution in [3.63, 3.8) is 0 Å². The summed E-state index contributed by atoms with van der Waals surface area (Å²) in [5, 5.41) is 0.148. The van der Waals surface area contributed by atoms with E-state index in [-0.39, 0.29) is 21.8 Å². The highest BCUT2D eigenvalue weighted by atomic mass is 79.9. The molecule has 1 aromatic heterocycles. The van der Waals surface area contributed by atoms with Crippen molar-refractivity contribution in [2.45, 2.75) is 6.92 Å². The summed E-state index contributed by atoms with van der Waals surface area (Å²) in [6, 6.07) is 1.35. The number of ether oxygens (including phenoxy) is 1. The van der Waals surface area contributed by atoms with Crippen molar-refractivity contribution in [2.24, 2.45) is 0 Å². The molecule has 0 atom stereocenters. The van der Waals surface area contributed by atoms with Crippen LogP contribution in [0.5, 0.6) is 0 Å². The number of carbonyl (C=O) groups is 1. The molecule has 14 heavy (non-hydrogen) atoms. The Morgan fingerprint density at radius 3 is 2.93 bits per heavy atom. The Kier molecular flexibility index (Phi) is 3.71. The van der Waals surface area contributed by atoms with Gasteiger partial charge in [-0.25, -0.2) is 4.79 Å². The van der Waals surface area contributed by atoms with E-state index in [0.717, 1.165) is 0 Å². The topological polar surface area (TPSA) is 59.2 Å². The van der Waals surface area contributed by atoms with Crippen molar-refractivity contribution >= 4 is 33.5 Å². The molecule has 4 nitrogen and oxygen atoms in total. The van der Waals surface area contributed by atoms with Gasteiger partial charge in [0.05, 0.1) is 16.1 Å². The van der Waals surface area contributed by atoms with Gasteiger partial charge >= 0.3 is 5.97 Å². The Labute approximate surface area is 93.4 Å². The van der Waals surface area contributed by atoms with Crippen molar-refractivity contribution in [3.05, 3.63) is 31.6 Å². The van der Waals surface area contributed by atoms with Crippen LogP contribution >= 0.6 is 27.5 Å². The summed E-state index contributed by atoms with van der Waals surface area (Å²) in [5.74, 6) is -0.637. The van der Waals surface area contributed by atoms with Gasteiger partial charge in [-0.15, -0.1) is 0 Å². The number of hydrogen-bond acceptors (Lipinski definition) is 3. The van der Waals surface area contributed by atoms with E-state index >= 15 is 0 Å². The summed E-state index contributed by atoms with van der Waals surface area (Å²) in [7, 11) is 0. The Bertz CT molecular complexity index is 416. The average Bonchev–Trinajstić information content (AvgIpc) is 2.11. The minimum absolute atomic E-state index is 0.0262. The van der Waals surface area contributed by atoms with E-state index in [1.54, 1.807) is 6.92 Å². The zero-order chi connectivity index (χ0) is 10.7. The third kappa shape index (κ3) is 2.36. The van der Waals surface area contributed by atoms with Gasteiger partial charge in [-0.3, -0.25) is 4.79 Å². The monoisotopic (exact) mass is 279 g/mol. The molecule has 0 bridgehead atoms. The van der Waals surface area contributed by atoms with Crippen LogP contribution in [0.2, 0.25) is 5.02 Å². The smallest absolute Gasteiger partial charge is 0.356 e. The lowest BCUT2D eigenvalue weighted by Gasteiger charge is -2.03. The first kappa shape index (κ1) is 11.3. The minimum atomic E-state index is -0.637. The molecule has 0 radical (unpaired) electrons. The van der Waals surface area contributed by atoms with Crippen LogP contribution in [0.4, 0.5) is 0 Å². The molecule has 0 amide bonds. The van der Waals surface area contributed by atoms with Crippen LogP contribution in [-0.4, -0.2) is 17.6 Å². The molecular weight excluding hydrogens is 273 g/mol. The first-order valence-electron chi connectivity index (χ1n) is 3.81. The number of aromatic nitrogens is 1. The van der Waals surface area contributed by atoms with Crippen molar-refractivity contribution in [3.8, 4) is 0 Å². The van der Waals surface area contributed by atoms with Crippen molar-refractivity contribution < 1.29 is 9.53 Å². The number of pyridine rings is 1. The molecule has 0 aromatic carbocycles. The molecule has 0 spiro atoms. The number of halogens is 2. The Hall–Kier alpha value is -0.810. The maximum Gasteiger partial charge on any atom is 0.356 e. The standard InChI is InChI=1S/C8H7BrClNO3/c1-2-14-8(13)6-5(10)3-4(9)7(12)11-6/h3H,2H2,1H3,(H,11,12). The van der Waals surface area contributed by atoms with Gasteiger partial charge < -0.3 is 9.72 Å². The zero-order valence-corrected chi connectivity index (χ0v) is 9.61. The SMILES string of the molecule is CCOC(=O)c1[nH]c(=O)c(Br)cc1Cl. The molecule has 0 unspecified atom stereocenters. The summed E-state index contributed by atoms with van der Waals surface area (Å²) in [6.45, 7) is 1.90. The van der Waals surface area contributed by atoms with E-state index in [1.807, 2.05) is 0 Å². The third-order valence-electron chi connectivity index (χ3n) is 1.43. The molecule has 0 saturated heterocycles. The van der Waals surface area contributed by atoms with Gasteiger partial charge in [-0.1, -0.05) is 11.6 Å². The van der Waals surface area contributed by atoms with Crippen LogP contribution in [0.25, 0.3) is 0 Å². The average molecular weight is 281 g/mol. The highest BCUT2D eigenvalue weighted by Gasteiger charge is 2.13. The maximum atomic E-state index is 11.2. The third-order valence-corrected chi connectivity index (χ3v) is 2.31. The number of hydrogen-bond donors (Lipinski definition) is 1. The van der Waals surface area contributed by atoms with Gasteiger partial charge in [0.15, 0.2) is 0 Å². The molecule has 0 aliphatic carbocycles. The number of aromatic amines is 1. The first-order valence-corrected chi connectivity index (χ1v) is 4.98. The van der Waals surface area contributed by atoms with Crippen LogP contribution in [0, 0.1) is 0 Å². The Morgan fingerprint density at radius 2 is 2.36 bits per heavy atom. The zero-order valence-electron chi connectivity index (χ0n) is 7.27. The molecule has 0 fully saturated rings. The van der Waals surface area contributed by atoms with Gasteiger partial charge in [-0.2, -0.15) is 0 Å². The van der Waals surface area contributed by atoms with Crippen molar-refractivity contribution in [2.75, 3.05) is 6.61 Å². The maximum absolute atomic E-state index is 11.2. The summed E-state index contributed by atoms with van der Waals surface area (Å²) in [4.78, 5) is 24.7. The lowest BCUT2D eigenvalue weighted by molar-refractivity contribution is 0.0519. The van der Waals surface area contributed by atoms with E-state index in [0.29, 0.717) is 0 Å². The Morgan fingerprint density at radius 1 is 1.71 bits per heavy atom. The molecule has 1 rings (SSSR count). The van der Waals surface area contributed by atoms with Gasteiger partial charge in [-0.05, 0) is 28.9 Å². The molecule has 76 valence electrons. The highest BCUT2D eigenvalue weighted by Crippen LogP contribution is 2.16. The summed E-state index contributed by atoms with van der Waals surface area (Å²) < 4.78 is 4.97. The summed E-state index contributed by atoms with van der Waals surface area (Å²) in [5.41, 5.74) is -0.445. The normalized spacial score (nSPS) is 9.93. The predicted octanol–water partition coefficient (Wildman–Crippen LogP) is 1.97. The van der Waals surface area contributed by atoms with E-state index in [2.05, 4.69) is 20.9 Å². The lowest BCUT2D eigenvalue weighted by Crippen LogP contribution is -2.16. The van der Waals surface area contributed by atoms with Crippen LogP contribution in [0.15, 0.2) is 15.3 Å². The quantitative estimate of drug-likeness (QED) is 0.843. The minimum Gasteiger partial charge on any atom is -0.461 e. The largest absolute Gasteiger partial charge is 0.461 e. The number of esters is 1. The Balaban J connectivity index is 3.16. The fraction of sp³-hybridized carbons (Fsp3) is 0.250. The molecular formula is C8H7BrClNO3. The molecule has 1 N–H and O–H groups in total. The molecule has 1 aromatic rings. The van der Waals surface area contributed by atoms with Crippen molar-refractivity contribution in [1.82, 2.24) is 4.98 Å². The molecule has 0 saturated carbocycles. The van der Waals surface area contributed by atoms with E-state index < -0.39 is 11.5 Å². The molecule has 1 heterocycles. The second-order valence-electron chi connectivity index (χ2n) is 2.39. The highest BCUT2D eigenvalue weighted by molar-refractivity contribution is 9.10. The number of H-pyrrole nitrogens is 1. The van der Waals surface area contributed by atoms with Crippen molar-refractivity contribution in [1.29, 1.82) is 0 Å². The number of nitrogens with one attached hydrogen (secondary N) is 1. The molecule has 0 aliphatic heterocycles. The fourth-order valence-corrected chi connectivity index (χ4v) is 1.53. The number of carbonyl (C=O) groups excluding carboxylic acids is 1. The molecule has 0 aliphatic rings. The molecule has 6 heteroatoms. The van der Waals surface area contributed by atoms with Crippen LogP contribution in [0.1, 0.15) is 17.4 Å². The first-order chi connectivity index (χ1) is 6.56. The van der Waals surface area contributed by atoms with Gasteiger partial charge in [0, 0.05) is 0 Å². The lowest BCUT2D eigenvalue weighted by atomic mass is 10.3. The second kappa shape index (κ2) is 4.61. The van der Waals surface area contributed by atoms with Crippen LogP contribution in [-0.2, 0) is 4.74 Å². The number of rotatable bonds is 2. The summed E-state index contributed by atoms with van der Waals surface area (Å²) >= 11 is 8.72. The van der Waals surface area contributed by atoms with Gasteiger partial charge in [0.2, 0.25) is 0 Å². The fourth-order valence-electron chi connectivity index (χ4n) is 0.834. The van der Waals surface area contributed by atoms with Crippen LogP contribution in [0.3, 0.4) is 0 Å². The van der Waals surface area contributed by atoms with E-state index in [4.69, 9.17) is 16.3 Å². The van der Waals surface area contributed by atoms with E-state index in [9.17, 15) is 9.59 Å². The van der Waals surface area contributed by atoms with Crippen LogP contribution < -0.4 is 5.56 Å². The van der Waals surface area contributed by atoms with Gasteiger partial charge in [0.1, 0.15) is 5.69 Å². The van der Waals surface area contributed by atoms with Gasteiger partial charge in [0.25, 0.3) is 5.56 Å². The second-order valence-corrected chi connectivity index (χ2v) is 3.65. The predicted molar refractivity (Wildman–Crippen MR) is 55.7 cm³/mol.